The molecule has 20 heavy (non-hydrogen) atoms. The molecule has 8 heteroatoms. The lowest BCUT2D eigenvalue weighted by Gasteiger charge is -2.06. The third-order valence-corrected chi connectivity index (χ3v) is 4.51. The monoisotopic (exact) mass is 312 g/mol. The Kier molecular flexibility index (Phi) is 3.78. The average molecular weight is 312 g/mol. The molecule has 0 atom stereocenters. The summed E-state index contributed by atoms with van der Waals surface area (Å²) in [5.41, 5.74) is 0.756. The molecule has 1 heterocycles. The van der Waals surface area contributed by atoms with Crippen LogP contribution in [0.2, 0.25) is 0 Å². The van der Waals surface area contributed by atoms with Gasteiger partial charge >= 0.3 is 0 Å². The fraction of sp³-hybridized carbons (Fsp3) is 0.167. The summed E-state index contributed by atoms with van der Waals surface area (Å²) >= 11 is 1.02. The maximum Gasteiger partial charge on any atom is 0.257 e. The largest absolute Gasteiger partial charge is 0.508 e. The van der Waals surface area contributed by atoms with Gasteiger partial charge in [0.1, 0.15) is 5.75 Å². The molecule has 1 aromatic heterocycles. The lowest BCUT2D eigenvalue weighted by molar-refractivity contribution is 0.102. The number of phenols is 1. The highest BCUT2D eigenvalue weighted by Crippen LogP contribution is 2.23. The van der Waals surface area contributed by atoms with Crippen molar-refractivity contribution in [1.82, 2.24) is 4.98 Å². The van der Waals surface area contributed by atoms with E-state index in [1.165, 1.54) is 11.4 Å². The zero-order valence-electron chi connectivity index (χ0n) is 10.7. The molecule has 1 amide bonds. The summed E-state index contributed by atoms with van der Waals surface area (Å²) < 4.78 is 22.6. The summed E-state index contributed by atoms with van der Waals surface area (Å²) in [4.78, 5) is 15.9. The van der Waals surface area contributed by atoms with Crippen LogP contribution in [0.4, 0.5) is 5.13 Å². The quantitative estimate of drug-likeness (QED) is 0.901. The Hall–Kier alpha value is -1.93. The molecule has 0 saturated carbocycles. The number of carbonyl (C=O) groups excluding carboxylic acids is 1. The van der Waals surface area contributed by atoms with E-state index < -0.39 is 15.7 Å². The van der Waals surface area contributed by atoms with Gasteiger partial charge in [0.25, 0.3) is 5.91 Å². The predicted octanol–water partition coefficient (Wildman–Crippen LogP) is 1.81. The molecule has 0 aliphatic rings. The molecule has 0 aliphatic carbocycles. The lowest BCUT2D eigenvalue weighted by Crippen LogP contribution is -2.13. The highest BCUT2D eigenvalue weighted by molar-refractivity contribution is 7.90. The first kappa shape index (κ1) is 14.5. The van der Waals surface area contributed by atoms with E-state index in [1.807, 2.05) is 0 Å². The third-order valence-electron chi connectivity index (χ3n) is 2.63. The van der Waals surface area contributed by atoms with Gasteiger partial charge < -0.3 is 5.11 Å². The van der Waals surface area contributed by atoms with Crippen molar-refractivity contribution < 1.29 is 18.3 Å². The van der Waals surface area contributed by atoms with Crippen LogP contribution in [-0.2, 0) is 9.84 Å². The smallest absolute Gasteiger partial charge is 0.257 e. The number of sulfone groups is 1. The maximum atomic E-state index is 12.0. The minimum absolute atomic E-state index is 0.0219. The molecule has 0 bridgehead atoms. The van der Waals surface area contributed by atoms with Crippen molar-refractivity contribution in [2.45, 2.75) is 11.9 Å². The fourth-order valence-corrected chi connectivity index (χ4v) is 3.25. The van der Waals surface area contributed by atoms with Crippen molar-refractivity contribution >= 4 is 32.2 Å². The van der Waals surface area contributed by atoms with Crippen molar-refractivity contribution in [3.05, 3.63) is 34.7 Å². The van der Waals surface area contributed by atoms with Crippen molar-refractivity contribution in [3.8, 4) is 5.75 Å². The molecule has 6 nitrogen and oxygen atoms in total. The number of nitrogens with zero attached hydrogens (tertiary/aromatic N) is 1. The van der Waals surface area contributed by atoms with E-state index in [1.54, 1.807) is 19.1 Å². The van der Waals surface area contributed by atoms with Crippen molar-refractivity contribution in [3.63, 3.8) is 0 Å². The molecule has 0 spiro atoms. The molecule has 2 aromatic rings. The van der Waals surface area contributed by atoms with Gasteiger partial charge in [0.05, 0.1) is 0 Å². The Morgan fingerprint density at radius 1 is 1.40 bits per heavy atom. The molecule has 0 fully saturated rings. The maximum absolute atomic E-state index is 12.0. The number of aromatic nitrogens is 1. The topological polar surface area (TPSA) is 96.4 Å². The number of hydrogen-bond donors (Lipinski definition) is 2. The van der Waals surface area contributed by atoms with E-state index in [9.17, 15) is 18.3 Å². The Bertz CT molecular complexity index is 766. The highest BCUT2D eigenvalue weighted by atomic mass is 32.2. The average Bonchev–Trinajstić information content (AvgIpc) is 2.81. The Morgan fingerprint density at radius 3 is 2.70 bits per heavy atom. The number of aromatic hydroxyl groups is 1. The van der Waals surface area contributed by atoms with Crippen LogP contribution in [0.15, 0.2) is 28.6 Å². The van der Waals surface area contributed by atoms with E-state index in [0.29, 0.717) is 11.1 Å². The third kappa shape index (κ3) is 2.97. The standard InChI is InChI=1S/C12H12N2O4S2/c1-7-8(4-3-5-9(7)15)11(16)14-12-13-10(6-19-12)20(2,17)18/h3-6,15H,1-2H3,(H,13,14,16). The number of thiazole rings is 1. The SMILES string of the molecule is Cc1c(O)cccc1C(=O)Nc1nc(S(C)(=O)=O)cs1. The van der Waals surface area contributed by atoms with Gasteiger partial charge in [-0.2, -0.15) is 0 Å². The van der Waals surface area contributed by atoms with E-state index in [0.717, 1.165) is 17.6 Å². The molecule has 1 aromatic carbocycles. The Labute approximate surface area is 120 Å². The number of hydrogen-bond acceptors (Lipinski definition) is 6. The molecule has 106 valence electrons. The van der Waals surface area contributed by atoms with Crippen LogP contribution in [0.25, 0.3) is 0 Å². The molecule has 0 radical (unpaired) electrons. The summed E-state index contributed by atoms with van der Waals surface area (Å²) in [5, 5.41) is 13.5. The molecule has 0 saturated heterocycles. The number of carbonyl (C=O) groups is 1. The first-order valence-electron chi connectivity index (χ1n) is 5.54. The summed E-state index contributed by atoms with van der Waals surface area (Å²) in [6.45, 7) is 1.62. The summed E-state index contributed by atoms with van der Waals surface area (Å²) in [6, 6.07) is 4.60. The van der Waals surface area contributed by atoms with Gasteiger partial charge in [-0.05, 0) is 19.1 Å². The van der Waals surface area contributed by atoms with Crippen LogP contribution in [0.3, 0.4) is 0 Å². The van der Waals surface area contributed by atoms with Gasteiger partial charge in [-0.1, -0.05) is 6.07 Å². The Balaban J connectivity index is 2.24. The first-order valence-corrected chi connectivity index (χ1v) is 8.31. The number of benzene rings is 1. The second-order valence-electron chi connectivity index (χ2n) is 4.17. The van der Waals surface area contributed by atoms with Gasteiger partial charge in [0.15, 0.2) is 20.0 Å². The minimum Gasteiger partial charge on any atom is -0.508 e. The predicted molar refractivity (Wildman–Crippen MR) is 76.0 cm³/mol. The number of nitrogens with one attached hydrogen (secondary N) is 1. The molecule has 2 rings (SSSR count). The van der Waals surface area contributed by atoms with E-state index in [-0.39, 0.29) is 15.9 Å². The van der Waals surface area contributed by atoms with Gasteiger partial charge in [0, 0.05) is 22.8 Å². The van der Waals surface area contributed by atoms with E-state index in [2.05, 4.69) is 10.3 Å². The molecule has 0 unspecified atom stereocenters. The number of rotatable bonds is 3. The summed E-state index contributed by atoms with van der Waals surface area (Å²) in [7, 11) is -3.39. The number of amides is 1. The molecular formula is C12H12N2O4S2. The lowest BCUT2D eigenvalue weighted by atomic mass is 10.1. The van der Waals surface area contributed by atoms with E-state index >= 15 is 0 Å². The van der Waals surface area contributed by atoms with Crippen LogP contribution >= 0.6 is 11.3 Å². The van der Waals surface area contributed by atoms with Crippen molar-refractivity contribution in [1.29, 1.82) is 0 Å². The Morgan fingerprint density at radius 2 is 2.10 bits per heavy atom. The minimum atomic E-state index is -3.39. The highest BCUT2D eigenvalue weighted by Gasteiger charge is 2.16. The van der Waals surface area contributed by atoms with Crippen LogP contribution in [-0.4, -0.2) is 30.7 Å². The number of anilines is 1. The molecule has 2 N–H and O–H groups in total. The van der Waals surface area contributed by atoms with Gasteiger partial charge in [0.2, 0.25) is 0 Å². The summed E-state index contributed by atoms with van der Waals surface area (Å²) in [5.74, 6) is -0.429. The van der Waals surface area contributed by atoms with Crippen molar-refractivity contribution in [2.24, 2.45) is 0 Å². The second-order valence-corrected chi connectivity index (χ2v) is 6.99. The summed E-state index contributed by atoms with van der Waals surface area (Å²) in [6.07, 6.45) is 1.05. The van der Waals surface area contributed by atoms with Crippen molar-refractivity contribution in [2.75, 3.05) is 11.6 Å². The zero-order chi connectivity index (χ0) is 14.9. The first-order chi connectivity index (χ1) is 9.29. The van der Waals surface area contributed by atoms with E-state index in [4.69, 9.17) is 0 Å². The zero-order valence-corrected chi connectivity index (χ0v) is 12.4. The molecule has 0 aliphatic heterocycles. The van der Waals surface area contributed by atoms with Gasteiger partial charge in [-0.25, -0.2) is 13.4 Å². The molecular weight excluding hydrogens is 300 g/mol. The van der Waals surface area contributed by atoms with Gasteiger partial charge in [-0.3, -0.25) is 10.1 Å². The van der Waals surface area contributed by atoms with Crippen LogP contribution < -0.4 is 5.32 Å². The second kappa shape index (κ2) is 5.22. The van der Waals surface area contributed by atoms with Crippen LogP contribution in [0, 0.1) is 6.92 Å². The van der Waals surface area contributed by atoms with Gasteiger partial charge in [-0.15, -0.1) is 11.3 Å². The normalized spacial score (nSPS) is 11.3. The fourth-order valence-electron chi connectivity index (χ4n) is 1.52. The number of phenolic OH excluding ortho intramolecular Hbond substituents is 1. The van der Waals surface area contributed by atoms with Crippen LogP contribution in [0.5, 0.6) is 5.75 Å². The van der Waals surface area contributed by atoms with Crippen LogP contribution in [0.1, 0.15) is 15.9 Å².